The molecule has 0 saturated carbocycles. The fourth-order valence-electron chi connectivity index (χ4n) is 1.62. The van der Waals surface area contributed by atoms with Gasteiger partial charge in [-0.05, 0) is 17.7 Å². The largest absolute Gasteiger partial charge is 0.457 e. The Hall–Kier alpha value is -2.49. The molecule has 0 radical (unpaired) electrons. The molecule has 0 aromatic heterocycles. The Kier molecular flexibility index (Phi) is 3.48. The molecular weight excluding hydrogens is 228 g/mol. The first-order valence-corrected chi connectivity index (χ1v) is 5.53. The summed E-state index contributed by atoms with van der Waals surface area (Å²) >= 11 is 0. The van der Waals surface area contributed by atoms with Gasteiger partial charge in [-0.25, -0.2) is 4.79 Å². The van der Waals surface area contributed by atoms with Crippen molar-refractivity contribution in [3.05, 3.63) is 59.7 Å². The Bertz CT molecular complexity index is 533. The quantitative estimate of drug-likeness (QED) is 0.639. The van der Waals surface area contributed by atoms with Crippen LogP contribution < -0.4 is 11.5 Å². The van der Waals surface area contributed by atoms with Gasteiger partial charge in [0.05, 0.1) is 0 Å². The normalized spacial score (nSPS) is 10.0. The maximum absolute atomic E-state index is 11.9. The van der Waals surface area contributed by atoms with Crippen LogP contribution in [0.3, 0.4) is 0 Å². The minimum absolute atomic E-state index is 0.202. The maximum Gasteiger partial charge on any atom is 0.342 e. The molecule has 0 heterocycles. The standard InChI is InChI=1S/C14H14N2O2/c15-11-7-4-8-12(16)13(11)14(17)18-9-10-5-2-1-3-6-10/h1-8H,9,15-16H2. The molecule has 0 spiro atoms. The SMILES string of the molecule is Nc1cccc(N)c1C(=O)OCc1ccccc1. The number of hydrogen-bond donors (Lipinski definition) is 2. The summed E-state index contributed by atoms with van der Waals surface area (Å²) in [6.07, 6.45) is 0. The van der Waals surface area contributed by atoms with E-state index >= 15 is 0 Å². The molecule has 0 amide bonds. The van der Waals surface area contributed by atoms with Crippen LogP contribution in [0, 0.1) is 0 Å². The molecule has 4 N–H and O–H groups in total. The third kappa shape index (κ3) is 2.60. The van der Waals surface area contributed by atoms with Crippen LogP contribution in [0.2, 0.25) is 0 Å². The highest BCUT2D eigenvalue weighted by Gasteiger charge is 2.14. The minimum Gasteiger partial charge on any atom is -0.457 e. The van der Waals surface area contributed by atoms with Crippen LogP contribution in [-0.4, -0.2) is 5.97 Å². The first-order valence-electron chi connectivity index (χ1n) is 5.53. The third-order valence-electron chi connectivity index (χ3n) is 2.55. The van der Waals surface area contributed by atoms with E-state index in [0.717, 1.165) is 5.56 Å². The molecule has 0 fully saturated rings. The highest BCUT2D eigenvalue weighted by Crippen LogP contribution is 2.20. The van der Waals surface area contributed by atoms with E-state index in [4.69, 9.17) is 16.2 Å². The molecule has 18 heavy (non-hydrogen) atoms. The molecule has 2 rings (SSSR count). The molecule has 0 unspecified atom stereocenters. The summed E-state index contributed by atoms with van der Waals surface area (Å²) in [6, 6.07) is 14.4. The predicted molar refractivity (Wildman–Crippen MR) is 70.8 cm³/mol. The van der Waals surface area contributed by atoms with Crippen LogP contribution in [0.4, 0.5) is 11.4 Å². The van der Waals surface area contributed by atoms with Gasteiger partial charge in [0.25, 0.3) is 0 Å². The molecule has 0 atom stereocenters. The van der Waals surface area contributed by atoms with Crippen molar-refractivity contribution < 1.29 is 9.53 Å². The molecule has 92 valence electrons. The second kappa shape index (κ2) is 5.23. The number of hydrogen-bond acceptors (Lipinski definition) is 4. The lowest BCUT2D eigenvalue weighted by Gasteiger charge is -2.09. The van der Waals surface area contributed by atoms with E-state index in [9.17, 15) is 4.79 Å². The van der Waals surface area contributed by atoms with Crippen molar-refractivity contribution in [2.24, 2.45) is 0 Å². The lowest BCUT2D eigenvalue weighted by molar-refractivity contribution is 0.0475. The summed E-state index contributed by atoms with van der Waals surface area (Å²) in [4.78, 5) is 11.9. The second-order valence-electron chi connectivity index (χ2n) is 3.87. The number of benzene rings is 2. The Morgan fingerprint density at radius 2 is 1.56 bits per heavy atom. The molecule has 4 nitrogen and oxygen atoms in total. The van der Waals surface area contributed by atoms with Crippen molar-refractivity contribution in [1.82, 2.24) is 0 Å². The summed E-state index contributed by atoms with van der Waals surface area (Å²) < 4.78 is 5.18. The number of carbonyl (C=O) groups is 1. The van der Waals surface area contributed by atoms with Gasteiger partial charge in [0.2, 0.25) is 0 Å². The number of ether oxygens (including phenoxy) is 1. The maximum atomic E-state index is 11.9. The fraction of sp³-hybridized carbons (Fsp3) is 0.0714. The summed E-state index contributed by atoms with van der Waals surface area (Å²) in [7, 11) is 0. The van der Waals surface area contributed by atoms with E-state index in [1.165, 1.54) is 0 Å². The molecule has 0 saturated heterocycles. The van der Waals surface area contributed by atoms with E-state index in [-0.39, 0.29) is 12.2 Å². The highest BCUT2D eigenvalue weighted by molar-refractivity contribution is 6.00. The Morgan fingerprint density at radius 3 is 2.17 bits per heavy atom. The minimum atomic E-state index is -0.505. The summed E-state index contributed by atoms with van der Waals surface area (Å²) in [5.74, 6) is -0.505. The van der Waals surface area contributed by atoms with E-state index in [1.807, 2.05) is 30.3 Å². The monoisotopic (exact) mass is 242 g/mol. The van der Waals surface area contributed by atoms with Crippen LogP contribution >= 0.6 is 0 Å². The second-order valence-corrected chi connectivity index (χ2v) is 3.87. The van der Waals surface area contributed by atoms with E-state index in [0.29, 0.717) is 11.4 Å². The number of carbonyl (C=O) groups excluding carboxylic acids is 1. The van der Waals surface area contributed by atoms with Crippen molar-refractivity contribution in [2.75, 3.05) is 11.5 Å². The molecule has 4 heteroatoms. The molecule has 0 aliphatic carbocycles. The van der Waals surface area contributed by atoms with Gasteiger partial charge in [-0.1, -0.05) is 36.4 Å². The van der Waals surface area contributed by atoms with E-state index in [1.54, 1.807) is 18.2 Å². The number of rotatable bonds is 3. The lowest BCUT2D eigenvalue weighted by atomic mass is 10.1. The first kappa shape index (κ1) is 12.0. The third-order valence-corrected chi connectivity index (χ3v) is 2.55. The molecule has 0 bridgehead atoms. The number of nitrogen functional groups attached to an aromatic ring is 2. The van der Waals surface area contributed by atoms with Crippen LogP contribution in [-0.2, 0) is 11.3 Å². The van der Waals surface area contributed by atoms with Gasteiger partial charge in [-0.3, -0.25) is 0 Å². The first-order chi connectivity index (χ1) is 8.68. The van der Waals surface area contributed by atoms with Gasteiger partial charge in [0.1, 0.15) is 12.2 Å². The van der Waals surface area contributed by atoms with Gasteiger partial charge in [0.15, 0.2) is 0 Å². The summed E-state index contributed by atoms with van der Waals surface area (Å²) in [5.41, 5.74) is 13.2. The van der Waals surface area contributed by atoms with Gasteiger partial charge >= 0.3 is 5.97 Å². The molecular formula is C14H14N2O2. The molecule has 0 aliphatic heterocycles. The number of esters is 1. The van der Waals surface area contributed by atoms with Crippen molar-refractivity contribution in [3.63, 3.8) is 0 Å². The number of anilines is 2. The Balaban J connectivity index is 2.09. The topological polar surface area (TPSA) is 78.3 Å². The zero-order valence-electron chi connectivity index (χ0n) is 9.80. The summed E-state index contributed by atoms with van der Waals surface area (Å²) in [6.45, 7) is 0.202. The fourth-order valence-corrected chi connectivity index (χ4v) is 1.62. The van der Waals surface area contributed by atoms with E-state index in [2.05, 4.69) is 0 Å². The zero-order valence-corrected chi connectivity index (χ0v) is 9.80. The average Bonchev–Trinajstić information content (AvgIpc) is 2.37. The van der Waals surface area contributed by atoms with Crippen molar-refractivity contribution in [3.8, 4) is 0 Å². The number of nitrogens with two attached hydrogens (primary N) is 2. The van der Waals surface area contributed by atoms with Crippen molar-refractivity contribution >= 4 is 17.3 Å². The molecule has 2 aromatic rings. The van der Waals surface area contributed by atoms with Gasteiger partial charge < -0.3 is 16.2 Å². The Labute approximate surface area is 105 Å². The Morgan fingerprint density at radius 1 is 0.944 bits per heavy atom. The van der Waals surface area contributed by atoms with Crippen molar-refractivity contribution in [1.29, 1.82) is 0 Å². The zero-order chi connectivity index (χ0) is 13.0. The van der Waals surface area contributed by atoms with Crippen LogP contribution in [0.5, 0.6) is 0 Å². The molecule has 2 aromatic carbocycles. The van der Waals surface area contributed by atoms with Crippen LogP contribution in [0.15, 0.2) is 48.5 Å². The van der Waals surface area contributed by atoms with Gasteiger partial charge in [-0.15, -0.1) is 0 Å². The van der Waals surface area contributed by atoms with Crippen LogP contribution in [0.25, 0.3) is 0 Å². The lowest BCUT2D eigenvalue weighted by Crippen LogP contribution is -2.11. The highest BCUT2D eigenvalue weighted by atomic mass is 16.5. The smallest absolute Gasteiger partial charge is 0.342 e. The molecule has 0 aliphatic rings. The average molecular weight is 242 g/mol. The van der Waals surface area contributed by atoms with E-state index < -0.39 is 5.97 Å². The van der Waals surface area contributed by atoms with Gasteiger partial charge in [0, 0.05) is 11.4 Å². The summed E-state index contributed by atoms with van der Waals surface area (Å²) in [5, 5.41) is 0. The van der Waals surface area contributed by atoms with Crippen LogP contribution in [0.1, 0.15) is 15.9 Å². The predicted octanol–water partition coefficient (Wildman–Crippen LogP) is 2.21. The van der Waals surface area contributed by atoms with Crippen molar-refractivity contribution in [2.45, 2.75) is 6.61 Å². The van der Waals surface area contributed by atoms with Gasteiger partial charge in [-0.2, -0.15) is 0 Å².